The highest BCUT2D eigenvalue weighted by Crippen LogP contribution is 2.16. The summed E-state index contributed by atoms with van der Waals surface area (Å²) in [6, 6.07) is 11.7. The van der Waals surface area contributed by atoms with E-state index in [-0.39, 0.29) is 5.97 Å². The van der Waals surface area contributed by atoms with Gasteiger partial charge in [-0.3, -0.25) is 4.98 Å². The number of rotatable bonds is 5. The number of carbonyl (C=O) groups is 1. The number of nitrogens with zero attached hydrogens (tertiary/aromatic N) is 2. The zero-order chi connectivity index (χ0) is 15.2. The molecule has 0 saturated carbocycles. The normalized spacial score (nSPS) is 10.0. The summed E-state index contributed by atoms with van der Waals surface area (Å²) in [7, 11) is 5.37. The Morgan fingerprint density at radius 3 is 2.43 bits per heavy atom. The van der Waals surface area contributed by atoms with Crippen molar-refractivity contribution in [2.24, 2.45) is 0 Å². The minimum absolute atomic E-state index is 0.374. The number of hydrogen-bond acceptors (Lipinski definition) is 5. The summed E-state index contributed by atoms with van der Waals surface area (Å²) in [6.45, 7) is 0.600. The first kappa shape index (κ1) is 14.8. The van der Waals surface area contributed by atoms with Crippen LogP contribution < -0.4 is 10.2 Å². The predicted octanol–water partition coefficient (Wildman–Crippen LogP) is 2.55. The van der Waals surface area contributed by atoms with E-state index >= 15 is 0 Å². The SMILES string of the molecule is COC(=O)c1ccc(CNc2ccc(N(C)C)cc2)nc1. The summed E-state index contributed by atoms with van der Waals surface area (Å²) in [5.41, 5.74) is 3.50. The molecule has 1 heterocycles. The molecule has 1 aromatic carbocycles. The summed E-state index contributed by atoms with van der Waals surface area (Å²) in [5, 5.41) is 3.29. The largest absolute Gasteiger partial charge is 0.465 e. The van der Waals surface area contributed by atoms with E-state index < -0.39 is 0 Å². The fourth-order valence-electron chi connectivity index (χ4n) is 1.84. The summed E-state index contributed by atoms with van der Waals surface area (Å²) >= 11 is 0. The molecule has 110 valence electrons. The van der Waals surface area contributed by atoms with Gasteiger partial charge < -0.3 is 15.0 Å². The molecular formula is C16H19N3O2. The van der Waals surface area contributed by atoms with Gasteiger partial charge in [-0.2, -0.15) is 0 Å². The van der Waals surface area contributed by atoms with Crippen molar-refractivity contribution in [2.45, 2.75) is 6.54 Å². The second-order valence-electron chi connectivity index (χ2n) is 4.82. The Balaban J connectivity index is 1.95. The number of ether oxygens (including phenoxy) is 1. The summed E-state index contributed by atoms with van der Waals surface area (Å²) in [4.78, 5) is 17.6. The topological polar surface area (TPSA) is 54.5 Å². The first-order valence-electron chi connectivity index (χ1n) is 6.64. The van der Waals surface area contributed by atoms with E-state index in [1.165, 1.54) is 13.3 Å². The summed E-state index contributed by atoms with van der Waals surface area (Å²) in [6.07, 6.45) is 1.53. The maximum atomic E-state index is 11.3. The first-order valence-corrected chi connectivity index (χ1v) is 6.64. The lowest BCUT2D eigenvalue weighted by atomic mass is 10.2. The van der Waals surface area contributed by atoms with E-state index in [1.54, 1.807) is 6.07 Å². The van der Waals surface area contributed by atoms with Gasteiger partial charge in [0.2, 0.25) is 0 Å². The minimum atomic E-state index is -0.374. The van der Waals surface area contributed by atoms with Crippen LogP contribution in [0.3, 0.4) is 0 Å². The van der Waals surface area contributed by atoms with E-state index in [0.29, 0.717) is 12.1 Å². The lowest BCUT2D eigenvalue weighted by Crippen LogP contribution is -2.08. The summed E-state index contributed by atoms with van der Waals surface area (Å²) in [5.74, 6) is -0.374. The molecule has 5 nitrogen and oxygen atoms in total. The van der Waals surface area contributed by atoms with Crippen molar-refractivity contribution in [1.82, 2.24) is 4.98 Å². The zero-order valence-electron chi connectivity index (χ0n) is 12.5. The van der Waals surface area contributed by atoms with Crippen molar-refractivity contribution in [1.29, 1.82) is 0 Å². The number of pyridine rings is 1. The third-order valence-electron chi connectivity index (χ3n) is 3.10. The Labute approximate surface area is 124 Å². The van der Waals surface area contributed by atoms with Crippen LogP contribution in [0.1, 0.15) is 16.1 Å². The molecule has 0 amide bonds. The standard InChI is InChI=1S/C16H19N3O2/c1-19(2)15-8-6-13(7-9-15)18-11-14-5-4-12(10-17-14)16(20)21-3/h4-10,18H,11H2,1-3H3. The van der Waals surface area contributed by atoms with Crippen molar-refractivity contribution in [2.75, 3.05) is 31.4 Å². The van der Waals surface area contributed by atoms with E-state index in [9.17, 15) is 4.79 Å². The lowest BCUT2D eigenvalue weighted by molar-refractivity contribution is 0.0600. The van der Waals surface area contributed by atoms with Crippen LogP contribution in [0.2, 0.25) is 0 Å². The highest BCUT2D eigenvalue weighted by Gasteiger charge is 2.05. The van der Waals surface area contributed by atoms with Crippen LogP contribution in [0.4, 0.5) is 11.4 Å². The Kier molecular flexibility index (Phi) is 4.77. The Morgan fingerprint density at radius 1 is 1.19 bits per heavy atom. The van der Waals surface area contributed by atoms with Gasteiger partial charge in [-0.25, -0.2) is 4.79 Å². The van der Waals surface area contributed by atoms with Crippen molar-refractivity contribution >= 4 is 17.3 Å². The molecule has 0 unspecified atom stereocenters. The fraction of sp³-hybridized carbons (Fsp3) is 0.250. The molecule has 0 aliphatic heterocycles. The molecule has 2 rings (SSSR count). The number of anilines is 2. The van der Waals surface area contributed by atoms with Crippen LogP contribution in [0.15, 0.2) is 42.6 Å². The molecule has 0 spiro atoms. The van der Waals surface area contributed by atoms with Crippen LogP contribution in [0.25, 0.3) is 0 Å². The average Bonchev–Trinajstić information content (AvgIpc) is 2.53. The zero-order valence-corrected chi connectivity index (χ0v) is 12.5. The van der Waals surface area contributed by atoms with Crippen LogP contribution >= 0.6 is 0 Å². The van der Waals surface area contributed by atoms with Gasteiger partial charge in [0.05, 0.1) is 24.9 Å². The molecule has 5 heteroatoms. The van der Waals surface area contributed by atoms with Gasteiger partial charge in [0.15, 0.2) is 0 Å². The number of aromatic nitrogens is 1. The number of benzene rings is 1. The second-order valence-corrected chi connectivity index (χ2v) is 4.82. The highest BCUT2D eigenvalue weighted by atomic mass is 16.5. The molecule has 0 fully saturated rings. The van der Waals surface area contributed by atoms with E-state index in [1.807, 2.05) is 32.3 Å². The van der Waals surface area contributed by atoms with E-state index in [2.05, 4.69) is 32.1 Å². The number of hydrogen-bond donors (Lipinski definition) is 1. The molecular weight excluding hydrogens is 266 g/mol. The summed E-state index contributed by atoms with van der Waals surface area (Å²) < 4.78 is 4.64. The van der Waals surface area contributed by atoms with Gasteiger partial charge in [0.1, 0.15) is 0 Å². The minimum Gasteiger partial charge on any atom is -0.465 e. The lowest BCUT2D eigenvalue weighted by Gasteiger charge is -2.13. The Hall–Kier alpha value is -2.56. The highest BCUT2D eigenvalue weighted by molar-refractivity contribution is 5.88. The van der Waals surface area contributed by atoms with Gasteiger partial charge >= 0.3 is 5.97 Å². The molecule has 2 aromatic rings. The van der Waals surface area contributed by atoms with Crippen molar-refractivity contribution < 1.29 is 9.53 Å². The fourth-order valence-corrected chi connectivity index (χ4v) is 1.84. The maximum Gasteiger partial charge on any atom is 0.339 e. The smallest absolute Gasteiger partial charge is 0.339 e. The quantitative estimate of drug-likeness (QED) is 0.856. The average molecular weight is 285 g/mol. The third-order valence-corrected chi connectivity index (χ3v) is 3.10. The number of methoxy groups -OCH3 is 1. The van der Waals surface area contributed by atoms with E-state index in [0.717, 1.165) is 17.1 Å². The van der Waals surface area contributed by atoms with Crippen molar-refractivity contribution in [3.63, 3.8) is 0 Å². The molecule has 1 N–H and O–H groups in total. The molecule has 0 saturated heterocycles. The maximum absolute atomic E-state index is 11.3. The van der Waals surface area contributed by atoms with Crippen molar-refractivity contribution in [3.05, 3.63) is 53.9 Å². The van der Waals surface area contributed by atoms with Gasteiger partial charge in [-0.15, -0.1) is 0 Å². The molecule has 0 radical (unpaired) electrons. The van der Waals surface area contributed by atoms with E-state index in [4.69, 9.17) is 0 Å². The van der Waals surface area contributed by atoms with Gasteiger partial charge in [0.25, 0.3) is 0 Å². The number of nitrogens with one attached hydrogen (secondary N) is 1. The molecule has 0 aliphatic rings. The molecule has 0 bridgehead atoms. The van der Waals surface area contributed by atoms with Crippen LogP contribution in [-0.2, 0) is 11.3 Å². The van der Waals surface area contributed by atoms with Crippen molar-refractivity contribution in [3.8, 4) is 0 Å². The Bertz CT molecular complexity index is 592. The monoisotopic (exact) mass is 285 g/mol. The van der Waals surface area contributed by atoms with Gasteiger partial charge in [-0.1, -0.05) is 0 Å². The molecule has 1 aromatic heterocycles. The van der Waals surface area contributed by atoms with Gasteiger partial charge in [0, 0.05) is 31.7 Å². The van der Waals surface area contributed by atoms with Crippen LogP contribution in [-0.4, -0.2) is 32.2 Å². The predicted molar refractivity (Wildman–Crippen MR) is 83.7 cm³/mol. The Morgan fingerprint density at radius 2 is 1.90 bits per heavy atom. The van der Waals surface area contributed by atoms with Crippen LogP contribution in [0.5, 0.6) is 0 Å². The van der Waals surface area contributed by atoms with Gasteiger partial charge in [-0.05, 0) is 36.4 Å². The second kappa shape index (κ2) is 6.74. The molecule has 21 heavy (non-hydrogen) atoms. The number of esters is 1. The van der Waals surface area contributed by atoms with Crippen LogP contribution in [0, 0.1) is 0 Å². The third kappa shape index (κ3) is 3.95. The first-order chi connectivity index (χ1) is 10.1. The number of carbonyl (C=O) groups excluding carboxylic acids is 1. The molecule has 0 atom stereocenters. The molecule has 0 aliphatic carbocycles.